The van der Waals surface area contributed by atoms with Crippen molar-refractivity contribution in [2.75, 3.05) is 32.3 Å². The maximum Gasteiger partial charge on any atom is 0.300 e. The molecule has 1 heterocycles. The Morgan fingerprint density at radius 1 is 0.842 bits per heavy atom. The van der Waals surface area contributed by atoms with Crippen LogP contribution in [0.15, 0.2) is 66.2 Å². The number of anilines is 1. The molecule has 9 nitrogen and oxygen atoms in total. The molecule has 1 unspecified atom stereocenters. The zero-order valence-corrected chi connectivity index (χ0v) is 21.6. The standard InChI is InChI=1S/C29H29NO8/c1-5-37-23-13-9-18(15-24(23)38-6-2)30-26(17-7-10-19(31)11-8-17)25(28(33)29(30)34)27(32)21-16-20(35-3)12-14-22(21)36-4/h7-16,26,31-32H,5-6H2,1-4H3/b27-25+. The molecule has 0 aliphatic carbocycles. The number of aromatic hydroxyl groups is 1. The van der Waals surface area contributed by atoms with Gasteiger partial charge in [0.15, 0.2) is 11.5 Å². The Morgan fingerprint density at radius 3 is 2.13 bits per heavy atom. The lowest BCUT2D eigenvalue weighted by molar-refractivity contribution is -0.132. The predicted octanol–water partition coefficient (Wildman–Crippen LogP) is 4.83. The predicted molar refractivity (Wildman–Crippen MR) is 141 cm³/mol. The fourth-order valence-corrected chi connectivity index (χ4v) is 4.40. The van der Waals surface area contributed by atoms with Gasteiger partial charge in [0, 0.05) is 11.8 Å². The van der Waals surface area contributed by atoms with Crippen molar-refractivity contribution >= 4 is 23.1 Å². The van der Waals surface area contributed by atoms with Crippen LogP contribution in [0.25, 0.3) is 5.76 Å². The molecule has 4 rings (SSSR count). The number of carbonyl (C=O) groups is 2. The SMILES string of the molecule is CCOc1ccc(N2C(=O)C(=O)/C(=C(/O)c3cc(OC)ccc3OC)C2c2ccc(O)cc2)cc1OCC. The first-order valence-electron chi connectivity index (χ1n) is 12.1. The minimum atomic E-state index is -1.01. The molecule has 198 valence electrons. The topological polar surface area (TPSA) is 115 Å². The van der Waals surface area contributed by atoms with Crippen LogP contribution >= 0.6 is 0 Å². The summed E-state index contributed by atoms with van der Waals surface area (Å²) in [6.45, 7) is 4.45. The first-order chi connectivity index (χ1) is 18.3. The van der Waals surface area contributed by atoms with Crippen LogP contribution in [0.5, 0.6) is 28.7 Å². The Hall–Kier alpha value is -4.66. The van der Waals surface area contributed by atoms with E-state index >= 15 is 0 Å². The highest BCUT2D eigenvalue weighted by atomic mass is 16.5. The highest BCUT2D eigenvalue weighted by Crippen LogP contribution is 2.45. The smallest absolute Gasteiger partial charge is 0.300 e. The molecule has 2 N–H and O–H groups in total. The van der Waals surface area contributed by atoms with E-state index in [4.69, 9.17) is 18.9 Å². The van der Waals surface area contributed by atoms with Crippen LogP contribution in [0, 0.1) is 0 Å². The average molecular weight is 520 g/mol. The molecule has 0 saturated carbocycles. The first-order valence-corrected chi connectivity index (χ1v) is 12.1. The Bertz CT molecular complexity index is 1380. The summed E-state index contributed by atoms with van der Waals surface area (Å²) in [7, 11) is 2.91. The summed E-state index contributed by atoms with van der Waals surface area (Å²) in [5.41, 5.74) is 0.917. The van der Waals surface area contributed by atoms with Crippen molar-refractivity contribution in [1.29, 1.82) is 0 Å². The molecule has 3 aromatic carbocycles. The van der Waals surface area contributed by atoms with Gasteiger partial charge in [-0.25, -0.2) is 0 Å². The summed E-state index contributed by atoms with van der Waals surface area (Å²) in [6, 6.07) is 14.8. The fourth-order valence-electron chi connectivity index (χ4n) is 4.40. The van der Waals surface area contributed by atoms with Gasteiger partial charge >= 0.3 is 0 Å². The maximum atomic E-state index is 13.5. The molecular formula is C29H29NO8. The molecule has 1 amide bonds. The number of amides is 1. The molecule has 0 aromatic heterocycles. The largest absolute Gasteiger partial charge is 0.508 e. The summed E-state index contributed by atoms with van der Waals surface area (Å²) < 4.78 is 22.1. The summed E-state index contributed by atoms with van der Waals surface area (Å²) >= 11 is 0. The summed E-state index contributed by atoms with van der Waals surface area (Å²) in [5.74, 6) is -0.496. The number of phenolic OH excluding ortho intramolecular Hbond substituents is 1. The van der Waals surface area contributed by atoms with E-state index in [1.165, 1.54) is 37.3 Å². The van der Waals surface area contributed by atoms with Crippen molar-refractivity contribution in [3.8, 4) is 28.7 Å². The summed E-state index contributed by atoms with van der Waals surface area (Å²) in [5, 5.41) is 21.4. The van der Waals surface area contributed by atoms with Crippen molar-refractivity contribution in [2.45, 2.75) is 19.9 Å². The number of phenols is 1. The second-order valence-corrected chi connectivity index (χ2v) is 8.32. The van der Waals surface area contributed by atoms with Gasteiger partial charge < -0.3 is 29.2 Å². The minimum absolute atomic E-state index is 0.0138. The summed E-state index contributed by atoms with van der Waals surface area (Å²) in [6.07, 6.45) is 0. The highest BCUT2D eigenvalue weighted by Gasteiger charge is 2.47. The molecule has 1 aliphatic heterocycles. The molecule has 0 bridgehead atoms. The van der Waals surface area contributed by atoms with Crippen molar-refractivity contribution in [3.05, 3.63) is 77.4 Å². The van der Waals surface area contributed by atoms with Gasteiger partial charge in [0.2, 0.25) is 0 Å². The number of aliphatic hydroxyl groups excluding tert-OH is 1. The Kier molecular flexibility index (Phi) is 7.76. The van der Waals surface area contributed by atoms with Crippen LogP contribution < -0.4 is 23.8 Å². The van der Waals surface area contributed by atoms with Gasteiger partial charge in [-0.2, -0.15) is 0 Å². The number of carbonyl (C=O) groups excluding carboxylic acids is 2. The van der Waals surface area contributed by atoms with E-state index in [1.807, 2.05) is 13.8 Å². The number of Topliss-reactive ketones (excluding diaryl/α,β-unsaturated/α-hetero) is 1. The average Bonchev–Trinajstić information content (AvgIpc) is 3.19. The number of rotatable bonds is 9. The van der Waals surface area contributed by atoms with E-state index in [0.29, 0.717) is 47.5 Å². The van der Waals surface area contributed by atoms with Gasteiger partial charge in [0.25, 0.3) is 11.7 Å². The van der Waals surface area contributed by atoms with E-state index in [9.17, 15) is 19.8 Å². The number of aliphatic hydroxyl groups is 1. The maximum absolute atomic E-state index is 13.5. The Labute approximate surface area is 220 Å². The van der Waals surface area contributed by atoms with Crippen LogP contribution in [-0.4, -0.2) is 49.3 Å². The number of hydrogen-bond acceptors (Lipinski definition) is 8. The van der Waals surface area contributed by atoms with Gasteiger partial charge in [0.05, 0.1) is 44.6 Å². The third kappa shape index (κ3) is 4.82. The van der Waals surface area contributed by atoms with Gasteiger partial charge in [-0.15, -0.1) is 0 Å². The molecule has 1 atom stereocenters. The van der Waals surface area contributed by atoms with E-state index < -0.39 is 23.5 Å². The number of methoxy groups -OCH3 is 2. The second-order valence-electron chi connectivity index (χ2n) is 8.32. The minimum Gasteiger partial charge on any atom is -0.508 e. The van der Waals surface area contributed by atoms with Crippen LogP contribution in [-0.2, 0) is 9.59 Å². The van der Waals surface area contributed by atoms with E-state index in [2.05, 4.69) is 0 Å². The molecule has 0 spiro atoms. The molecule has 0 radical (unpaired) electrons. The van der Waals surface area contributed by atoms with Gasteiger partial charge in [-0.05, 0) is 61.9 Å². The number of ketones is 1. The second kappa shape index (κ2) is 11.2. The third-order valence-electron chi connectivity index (χ3n) is 6.12. The zero-order chi connectivity index (χ0) is 27.4. The molecule has 1 fully saturated rings. The summed E-state index contributed by atoms with van der Waals surface area (Å²) in [4.78, 5) is 28.3. The van der Waals surface area contributed by atoms with Gasteiger partial charge in [-0.3, -0.25) is 14.5 Å². The number of benzene rings is 3. The lowest BCUT2D eigenvalue weighted by Crippen LogP contribution is -2.29. The molecule has 9 heteroatoms. The van der Waals surface area contributed by atoms with E-state index in [0.717, 1.165) is 0 Å². The fraction of sp³-hybridized carbons (Fsp3) is 0.241. The monoisotopic (exact) mass is 519 g/mol. The number of ether oxygens (including phenoxy) is 4. The Morgan fingerprint density at radius 2 is 1.50 bits per heavy atom. The van der Waals surface area contributed by atoms with Crippen LogP contribution in [0.3, 0.4) is 0 Å². The van der Waals surface area contributed by atoms with Crippen molar-refractivity contribution in [2.24, 2.45) is 0 Å². The van der Waals surface area contributed by atoms with Crippen LogP contribution in [0.1, 0.15) is 31.0 Å². The number of hydrogen-bond donors (Lipinski definition) is 2. The molecular weight excluding hydrogens is 490 g/mol. The lowest BCUT2D eigenvalue weighted by atomic mass is 9.94. The number of nitrogens with zero attached hydrogens (tertiary/aromatic N) is 1. The highest BCUT2D eigenvalue weighted by molar-refractivity contribution is 6.51. The van der Waals surface area contributed by atoms with Gasteiger partial charge in [-0.1, -0.05) is 12.1 Å². The van der Waals surface area contributed by atoms with Crippen LogP contribution in [0.2, 0.25) is 0 Å². The molecule has 38 heavy (non-hydrogen) atoms. The van der Waals surface area contributed by atoms with Crippen LogP contribution in [0.4, 0.5) is 5.69 Å². The first kappa shape index (κ1) is 26.4. The Balaban J connectivity index is 1.96. The quantitative estimate of drug-likeness (QED) is 0.235. The van der Waals surface area contributed by atoms with E-state index in [1.54, 1.807) is 42.5 Å². The van der Waals surface area contributed by atoms with Gasteiger partial charge in [0.1, 0.15) is 23.0 Å². The zero-order valence-electron chi connectivity index (χ0n) is 21.6. The molecule has 3 aromatic rings. The van der Waals surface area contributed by atoms with E-state index in [-0.39, 0.29) is 16.9 Å². The van der Waals surface area contributed by atoms with Crippen molar-refractivity contribution in [1.82, 2.24) is 0 Å². The normalized spacial score (nSPS) is 16.4. The van der Waals surface area contributed by atoms with Crippen molar-refractivity contribution < 1.29 is 38.7 Å². The molecule has 1 aliphatic rings. The lowest BCUT2D eigenvalue weighted by Gasteiger charge is -2.26. The van der Waals surface area contributed by atoms with Crippen molar-refractivity contribution in [3.63, 3.8) is 0 Å². The third-order valence-corrected chi connectivity index (χ3v) is 6.12. The molecule has 1 saturated heterocycles.